The molecule has 0 aromatic heterocycles. The third-order valence-corrected chi connectivity index (χ3v) is 1.75. The van der Waals surface area contributed by atoms with E-state index in [4.69, 9.17) is 5.02 Å². The number of hydrogen-bond donors (Lipinski definition) is 1. The van der Waals surface area contributed by atoms with E-state index in [0.29, 0.717) is 5.92 Å². The van der Waals surface area contributed by atoms with Crippen molar-refractivity contribution in [3.63, 3.8) is 0 Å². The van der Waals surface area contributed by atoms with E-state index in [1.807, 2.05) is 12.2 Å². The molecular weight excluding hydrogens is 111 g/mol. The SMILES string of the molecule is CC1CC=CC=C1BO. The Balaban J connectivity index is 2.63. The number of hydrogen-bond acceptors (Lipinski definition) is 1. The highest BCUT2D eigenvalue weighted by molar-refractivity contribution is 6.36. The highest BCUT2D eigenvalue weighted by atomic mass is 16.2. The summed E-state index contributed by atoms with van der Waals surface area (Å²) >= 11 is 0. The minimum absolute atomic E-state index is 0.214. The fourth-order valence-corrected chi connectivity index (χ4v) is 0.999. The van der Waals surface area contributed by atoms with Gasteiger partial charge in [-0.1, -0.05) is 30.6 Å². The summed E-state index contributed by atoms with van der Waals surface area (Å²) in [6.07, 6.45) is 7.20. The molecule has 0 bridgehead atoms. The van der Waals surface area contributed by atoms with Crippen LogP contribution in [-0.2, 0) is 0 Å². The maximum atomic E-state index is 8.76. The summed E-state index contributed by atoms with van der Waals surface area (Å²) in [4.78, 5) is 0. The maximum absolute atomic E-state index is 8.76. The zero-order chi connectivity index (χ0) is 6.69. The molecule has 0 radical (unpaired) electrons. The molecule has 0 saturated carbocycles. The Morgan fingerprint density at radius 2 is 2.56 bits per heavy atom. The van der Waals surface area contributed by atoms with E-state index in [2.05, 4.69) is 13.0 Å². The monoisotopic (exact) mass is 122 g/mol. The third kappa shape index (κ3) is 1.45. The molecule has 1 rings (SSSR count). The predicted octanol–water partition coefficient (Wildman–Crippen LogP) is 0.810. The lowest BCUT2D eigenvalue weighted by Crippen LogP contribution is -2.07. The van der Waals surface area contributed by atoms with Gasteiger partial charge in [-0.2, -0.15) is 0 Å². The molecule has 1 aliphatic carbocycles. The van der Waals surface area contributed by atoms with Crippen LogP contribution >= 0.6 is 0 Å². The molecule has 0 amide bonds. The average Bonchev–Trinajstić information content (AvgIpc) is 1.89. The minimum atomic E-state index is 0.214. The summed E-state index contributed by atoms with van der Waals surface area (Å²) in [5.74, 6) is 0.542. The first-order valence-electron chi connectivity index (χ1n) is 3.31. The van der Waals surface area contributed by atoms with Gasteiger partial charge in [0.1, 0.15) is 0 Å². The molecule has 0 heterocycles. The summed E-state index contributed by atoms with van der Waals surface area (Å²) in [5.41, 5.74) is 1.15. The van der Waals surface area contributed by atoms with Crippen LogP contribution in [-0.4, -0.2) is 12.5 Å². The standard InChI is InChI=1S/C7H11BO/c1-6-4-2-3-5-7(6)8-9/h2-3,5-6,8-9H,4H2,1H3. The van der Waals surface area contributed by atoms with E-state index in [1.54, 1.807) is 0 Å². The molecule has 2 heteroatoms. The normalized spacial score (nSPS) is 25.6. The van der Waals surface area contributed by atoms with Crippen LogP contribution in [0, 0.1) is 5.92 Å². The Kier molecular flexibility index (Phi) is 2.12. The molecule has 1 unspecified atom stereocenters. The quantitative estimate of drug-likeness (QED) is 0.510. The van der Waals surface area contributed by atoms with Crippen molar-refractivity contribution in [2.24, 2.45) is 5.92 Å². The van der Waals surface area contributed by atoms with Gasteiger partial charge in [-0.3, -0.25) is 0 Å². The summed E-state index contributed by atoms with van der Waals surface area (Å²) in [7, 11) is 0.214. The second-order valence-corrected chi connectivity index (χ2v) is 2.46. The maximum Gasteiger partial charge on any atom is 0.300 e. The Morgan fingerprint density at radius 1 is 1.78 bits per heavy atom. The summed E-state index contributed by atoms with van der Waals surface area (Å²) < 4.78 is 0. The van der Waals surface area contributed by atoms with Crippen molar-refractivity contribution in [3.05, 3.63) is 23.7 Å². The molecule has 0 spiro atoms. The van der Waals surface area contributed by atoms with E-state index in [0.717, 1.165) is 11.9 Å². The first-order valence-corrected chi connectivity index (χ1v) is 3.31. The van der Waals surface area contributed by atoms with Gasteiger partial charge in [0.05, 0.1) is 0 Å². The van der Waals surface area contributed by atoms with Crippen molar-refractivity contribution < 1.29 is 5.02 Å². The lowest BCUT2D eigenvalue weighted by Gasteiger charge is -2.13. The smallest absolute Gasteiger partial charge is 0.300 e. The van der Waals surface area contributed by atoms with Gasteiger partial charge in [-0.15, -0.1) is 0 Å². The third-order valence-electron chi connectivity index (χ3n) is 1.75. The van der Waals surface area contributed by atoms with Crippen LogP contribution in [0.2, 0.25) is 0 Å². The average molecular weight is 122 g/mol. The minimum Gasteiger partial charge on any atom is -0.449 e. The van der Waals surface area contributed by atoms with Crippen molar-refractivity contribution in [2.45, 2.75) is 13.3 Å². The second kappa shape index (κ2) is 2.88. The molecule has 0 saturated heterocycles. The van der Waals surface area contributed by atoms with Crippen LogP contribution in [0.15, 0.2) is 23.7 Å². The van der Waals surface area contributed by atoms with Crippen molar-refractivity contribution >= 4 is 7.48 Å². The van der Waals surface area contributed by atoms with Crippen LogP contribution in [0.25, 0.3) is 0 Å². The van der Waals surface area contributed by atoms with Gasteiger partial charge >= 0.3 is 7.48 Å². The van der Waals surface area contributed by atoms with Crippen LogP contribution in [0.3, 0.4) is 0 Å². The van der Waals surface area contributed by atoms with Crippen molar-refractivity contribution in [2.75, 3.05) is 0 Å². The van der Waals surface area contributed by atoms with Crippen molar-refractivity contribution in [3.8, 4) is 0 Å². The fraction of sp³-hybridized carbons (Fsp3) is 0.429. The van der Waals surface area contributed by atoms with Crippen molar-refractivity contribution in [1.82, 2.24) is 0 Å². The molecule has 1 nitrogen and oxygen atoms in total. The molecule has 1 atom stereocenters. The summed E-state index contributed by atoms with van der Waals surface area (Å²) in [6, 6.07) is 0. The lowest BCUT2D eigenvalue weighted by molar-refractivity contribution is 0.593. The lowest BCUT2D eigenvalue weighted by atomic mass is 9.75. The van der Waals surface area contributed by atoms with Gasteiger partial charge < -0.3 is 5.02 Å². The molecule has 0 aromatic rings. The summed E-state index contributed by atoms with van der Waals surface area (Å²) in [6.45, 7) is 2.13. The Labute approximate surface area is 56.4 Å². The molecule has 0 aromatic carbocycles. The Bertz CT molecular complexity index is 149. The molecule has 9 heavy (non-hydrogen) atoms. The second-order valence-electron chi connectivity index (χ2n) is 2.46. The van der Waals surface area contributed by atoms with Gasteiger partial charge in [-0.05, 0) is 12.3 Å². The van der Waals surface area contributed by atoms with Crippen LogP contribution in [0.1, 0.15) is 13.3 Å². The van der Waals surface area contributed by atoms with Crippen LogP contribution in [0.4, 0.5) is 0 Å². The van der Waals surface area contributed by atoms with E-state index in [9.17, 15) is 0 Å². The predicted molar refractivity (Wildman–Crippen MR) is 40.4 cm³/mol. The highest BCUT2D eigenvalue weighted by Crippen LogP contribution is 2.17. The van der Waals surface area contributed by atoms with E-state index >= 15 is 0 Å². The van der Waals surface area contributed by atoms with Gasteiger partial charge in [0.2, 0.25) is 0 Å². The first kappa shape index (κ1) is 6.62. The van der Waals surface area contributed by atoms with E-state index in [-0.39, 0.29) is 7.48 Å². The Morgan fingerprint density at radius 3 is 3.00 bits per heavy atom. The molecule has 1 N–H and O–H groups in total. The van der Waals surface area contributed by atoms with Crippen LogP contribution < -0.4 is 0 Å². The van der Waals surface area contributed by atoms with Crippen molar-refractivity contribution in [1.29, 1.82) is 0 Å². The highest BCUT2D eigenvalue weighted by Gasteiger charge is 2.08. The zero-order valence-corrected chi connectivity index (χ0v) is 5.67. The fourth-order valence-electron chi connectivity index (χ4n) is 0.999. The van der Waals surface area contributed by atoms with Gasteiger partial charge in [-0.25, -0.2) is 0 Å². The first-order chi connectivity index (χ1) is 4.34. The molecular formula is C7H11BO. The van der Waals surface area contributed by atoms with E-state index in [1.165, 1.54) is 0 Å². The molecule has 0 aliphatic heterocycles. The summed E-state index contributed by atoms with van der Waals surface area (Å²) in [5, 5.41) is 8.76. The zero-order valence-electron chi connectivity index (χ0n) is 5.67. The van der Waals surface area contributed by atoms with Gasteiger partial charge in [0.25, 0.3) is 0 Å². The van der Waals surface area contributed by atoms with E-state index < -0.39 is 0 Å². The molecule has 0 fully saturated rings. The molecule has 48 valence electrons. The largest absolute Gasteiger partial charge is 0.449 e. The number of rotatable bonds is 1. The van der Waals surface area contributed by atoms with Crippen LogP contribution in [0.5, 0.6) is 0 Å². The Hall–Kier alpha value is -0.495. The number of allylic oxidation sites excluding steroid dienone is 4. The van der Waals surface area contributed by atoms with Gasteiger partial charge in [0, 0.05) is 0 Å². The molecule has 1 aliphatic rings. The van der Waals surface area contributed by atoms with Gasteiger partial charge in [0.15, 0.2) is 0 Å². The topological polar surface area (TPSA) is 20.2 Å².